The summed E-state index contributed by atoms with van der Waals surface area (Å²) in [6, 6.07) is 6.84. The van der Waals surface area contributed by atoms with Crippen LogP contribution in [-0.2, 0) is 4.79 Å². The number of aliphatic imine (C=N–C) groups is 1. The van der Waals surface area contributed by atoms with E-state index < -0.39 is 0 Å². The van der Waals surface area contributed by atoms with E-state index in [1.807, 2.05) is 17.9 Å². The summed E-state index contributed by atoms with van der Waals surface area (Å²) < 4.78 is 13.9. The molecule has 7 heteroatoms. The van der Waals surface area contributed by atoms with Crippen LogP contribution < -0.4 is 10.2 Å². The first-order chi connectivity index (χ1) is 11.5. The van der Waals surface area contributed by atoms with Gasteiger partial charge in [-0.1, -0.05) is 12.1 Å². The molecule has 1 aromatic rings. The Morgan fingerprint density at radius 1 is 1.25 bits per heavy atom. The third-order valence-electron chi connectivity index (χ3n) is 3.97. The highest BCUT2D eigenvalue weighted by Crippen LogP contribution is 2.20. The number of carbonyl (C=O) groups is 1. The summed E-state index contributed by atoms with van der Waals surface area (Å²) in [6.07, 6.45) is 0. The summed E-state index contributed by atoms with van der Waals surface area (Å²) in [7, 11) is 3.44. The molecule has 0 unspecified atom stereocenters. The first-order valence-corrected chi connectivity index (χ1v) is 8.25. The number of piperazine rings is 1. The van der Waals surface area contributed by atoms with Gasteiger partial charge in [0.25, 0.3) is 0 Å². The van der Waals surface area contributed by atoms with Crippen molar-refractivity contribution in [2.45, 2.75) is 6.92 Å². The summed E-state index contributed by atoms with van der Waals surface area (Å²) in [5.41, 5.74) is 0.641. The van der Waals surface area contributed by atoms with E-state index in [9.17, 15) is 9.18 Å². The van der Waals surface area contributed by atoms with Crippen LogP contribution in [0.3, 0.4) is 0 Å². The number of guanidine groups is 1. The highest BCUT2D eigenvalue weighted by Gasteiger charge is 2.21. The zero-order valence-electron chi connectivity index (χ0n) is 14.6. The smallest absolute Gasteiger partial charge is 0.243 e. The van der Waals surface area contributed by atoms with Gasteiger partial charge in [0.05, 0.1) is 5.69 Å². The van der Waals surface area contributed by atoms with Gasteiger partial charge in [0.1, 0.15) is 12.4 Å². The average molecular weight is 335 g/mol. The maximum atomic E-state index is 13.9. The summed E-state index contributed by atoms with van der Waals surface area (Å²) in [4.78, 5) is 21.8. The van der Waals surface area contributed by atoms with Gasteiger partial charge in [0.2, 0.25) is 5.91 Å². The van der Waals surface area contributed by atoms with Gasteiger partial charge in [-0.2, -0.15) is 0 Å². The van der Waals surface area contributed by atoms with Crippen molar-refractivity contribution in [1.29, 1.82) is 0 Å². The fourth-order valence-corrected chi connectivity index (χ4v) is 2.58. The normalized spacial score (nSPS) is 15.4. The van der Waals surface area contributed by atoms with Crippen molar-refractivity contribution >= 4 is 17.6 Å². The fourth-order valence-electron chi connectivity index (χ4n) is 2.58. The van der Waals surface area contributed by atoms with Crippen LogP contribution in [0.4, 0.5) is 10.1 Å². The van der Waals surface area contributed by atoms with E-state index in [1.165, 1.54) is 11.0 Å². The monoisotopic (exact) mass is 335 g/mol. The lowest BCUT2D eigenvalue weighted by atomic mass is 10.2. The number of nitrogens with zero attached hydrogens (tertiary/aromatic N) is 4. The predicted octanol–water partition coefficient (Wildman–Crippen LogP) is 1.00. The molecule has 0 aromatic heterocycles. The maximum absolute atomic E-state index is 13.9. The zero-order valence-corrected chi connectivity index (χ0v) is 14.6. The maximum Gasteiger partial charge on any atom is 0.243 e. The number of halogens is 1. The number of para-hydroxylation sites is 1. The van der Waals surface area contributed by atoms with Gasteiger partial charge < -0.3 is 20.0 Å². The standard InChI is InChI=1S/C17H26FN5O/c1-4-19-17(20-13-16(24)21(2)3)23-11-9-22(10-12-23)15-8-6-5-7-14(15)18/h5-8H,4,9-13H2,1-3H3,(H,19,20). The Morgan fingerprint density at radius 2 is 1.92 bits per heavy atom. The Labute approximate surface area is 142 Å². The van der Waals surface area contributed by atoms with Crippen LogP contribution in [0.1, 0.15) is 6.92 Å². The Morgan fingerprint density at radius 3 is 2.50 bits per heavy atom. The molecule has 1 aliphatic rings. The van der Waals surface area contributed by atoms with Gasteiger partial charge in [0, 0.05) is 46.8 Å². The minimum Gasteiger partial charge on any atom is -0.366 e. The van der Waals surface area contributed by atoms with Crippen molar-refractivity contribution in [2.75, 3.05) is 58.3 Å². The fraction of sp³-hybridized carbons (Fsp3) is 0.529. The Kier molecular flexibility index (Phi) is 6.40. The van der Waals surface area contributed by atoms with Crippen LogP contribution in [0, 0.1) is 5.82 Å². The molecule has 1 fully saturated rings. The molecule has 0 bridgehead atoms. The minimum absolute atomic E-state index is 0.0320. The van der Waals surface area contributed by atoms with Crippen molar-refractivity contribution in [3.63, 3.8) is 0 Å². The quantitative estimate of drug-likeness (QED) is 0.659. The second-order valence-electron chi connectivity index (χ2n) is 5.88. The van der Waals surface area contributed by atoms with Crippen molar-refractivity contribution in [2.24, 2.45) is 4.99 Å². The van der Waals surface area contributed by atoms with Crippen LogP contribution >= 0.6 is 0 Å². The first kappa shape index (κ1) is 18.0. The molecule has 24 heavy (non-hydrogen) atoms. The molecular weight excluding hydrogens is 309 g/mol. The van der Waals surface area contributed by atoms with Crippen molar-refractivity contribution in [3.8, 4) is 0 Å². The SMILES string of the molecule is CCNC(=NCC(=O)N(C)C)N1CCN(c2ccccc2F)CC1. The van der Waals surface area contributed by atoms with Gasteiger partial charge in [-0.15, -0.1) is 0 Å². The lowest BCUT2D eigenvalue weighted by Gasteiger charge is -2.37. The predicted molar refractivity (Wildman–Crippen MR) is 94.9 cm³/mol. The molecule has 6 nitrogen and oxygen atoms in total. The average Bonchev–Trinajstić information content (AvgIpc) is 2.59. The van der Waals surface area contributed by atoms with E-state index in [4.69, 9.17) is 0 Å². The third-order valence-corrected chi connectivity index (χ3v) is 3.97. The lowest BCUT2D eigenvalue weighted by Crippen LogP contribution is -2.53. The number of nitrogens with one attached hydrogen (secondary N) is 1. The Bertz CT molecular complexity index is 582. The molecule has 0 aliphatic carbocycles. The van der Waals surface area contributed by atoms with Gasteiger partial charge in [-0.3, -0.25) is 4.79 Å². The van der Waals surface area contributed by atoms with E-state index >= 15 is 0 Å². The van der Waals surface area contributed by atoms with Gasteiger partial charge in [-0.05, 0) is 19.1 Å². The molecule has 1 N–H and O–H groups in total. The number of rotatable bonds is 4. The van der Waals surface area contributed by atoms with Gasteiger partial charge >= 0.3 is 0 Å². The number of carbonyl (C=O) groups excluding carboxylic acids is 1. The van der Waals surface area contributed by atoms with Crippen molar-refractivity contribution in [1.82, 2.24) is 15.1 Å². The Hall–Kier alpha value is -2.31. The number of anilines is 1. The first-order valence-electron chi connectivity index (χ1n) is 8.25. The molecule has 1 amide bonds. The summed E-state index contributed by atoms with van der Waals surface area (Å²) in [5, 5.41) is 3.23. The van der Waals surface area contributed by atoms with E-state index in [0.29, 0.717) is 18.8 Å². The molecule has 1 saturated heterocycles. The molecular formula is C17H26FN5O. The van der Waals surface area contributed by atoms with Gasteiger partial charge in [-0.25, -0.2) is 9.38 Å². The number of amides is 1. The second-order valence-corrected chi connectivity index (χ2v) is 5.88. The molecule has 1 aliphatic heterocycles. The highest BCUT2D eigenvalue weighted by atomic mass is 19.1. The van der Waals surface area contributed by atoms with Crippen LogP contribution in [0.25, 0.3) is 0 Å². The highest BCUT2D eigenvalue weighted by molar-refractivity contribution is 5.85. The summed E-state index contributed by atoms with van der Waals surface area (Å²) >= 11 is 0. The molecule has 0 saturated carbocycles. The summed E-state index contributed by atoms with van der Waals surface area (Å²) in [6.45, 7) is 5.76. The third kappa shape index (κ3) is 4.59. The van der Waals surface area contributed by atoms with Crippen LogP contribution in [0.5, 0.6) is 0 Å². The molecule has 0 atom stereocenters. The largest absolute Gasteiger partial charge is 0.366 e. The molecule has 1 aromatic carbocycles. The molecule has 2 rings (SSSR count). The van der Waals surface area contributed by atoms with E-state index in [-0.39, 0.29) is 18.3 Å². The Balaban J connectivity index is 1.98. The second kappa shape index (κ2) is 8.52. The number of benzene rings is 1. The topological polar surface area (TPSA) is 51.2 Å². The molecule has 132 valence electrons. The number of likely N-dealkylation sites (N-methyl/N-ethyl adjacent to an activating group) is 1. The number of hydrogen-bond donors (Lipinski definition) is 1. The number of hydrogen-bond acceptors (Lipinski definition) is 3. The molecule has 0 radical (unpaired) electrons. The lowest BCUT2D eigenvalue weighted by molar-refractivity contribution is -0.127. The van der Waals surface area contributed by atoms with E-state index in [0.717, 1.165) is 25.6 Å². The van der Waals surface area contributed by atoms with Crippen molar-refractivity contribution in [3.05, 3.63) is 30.1 Å². The minimum atomic E-state index is -0.192. The van der Waals surface area contributed by atoms with Gasteiger partial charge in [0.15, 0.2) is 5.96 Å². The van der Waals surface area contributed by atoms with E-state index in [2.05, 4.69) is 15.2 Å². The van der Waals surface area contributed by atoms with Crippen LogP contribution in [0.2, 0.25) is 0 Å². The zero-order chi connectivity index (χ0) is 17.5. The van der Waals surface area contributed by atoms with Crippen LogP contribution in [0.15, 0.2) is 29.3 Å². The molecule has 0 spiro atoms. The van der Waals surface area contributed by atoms with Crippen LogP contribution in [-0.4, -0.2) is 75.0 Å². The van der Waals surface area contributed by atoms with E-state index in [1.54, 1.807) is 26.2 Å². The summed E-state index contributed by atoms with van der Waals surface area (Å²) in [5.74, 6) is 0.513. The van der Waals surface area contributed by atoms with Crippen molar-refractivity contribution < 1.29 is 9.18 Å². The molecule has 1 heterocycles.